The minimum atomic E-state index is -0.312. The van der Waals surface area contributed by atoms with Crippen LogP contribution in [0.25, 0.3) is 0 Å². The number of fused-ring (bicyclic) bond motifs is 1. The highest BCUT2D eigenvalue weighted by molar-refractivity contribution is 6.01. The van der Waals surface area contributed by atoms with E-state index in [9.17, 15) is 4.79 Å². The van der Waals surface area contributed by atoms with E-state index in [2.05, 4.69) is 5.32 Å². The van der Waals surface area contributed by atoms with Gasteiger partial charge in [-0.05, 0) is 25.1 Å². The van der Waals surface area contributed by atoms with Gasteiger partial charge in [0, 0.05) is 18.3 Å². The number of carbonyl (C=O) groups excluding carboxylic acids is 1. The summed E-state index contributed by atoms with van der Waals surface area (Å²) in [6.45, 7) is 2.48. The Balaban J connectivity index is 2.06. The molecular weight excluding hydrogens is 292 g/mol. The summed E-state index contributed by atoms with van der Waals surface area (Å²) in [6.07, 6.45) is -0.312. The van der Waals surface area contributed by atoms with E-state index < -0.39 is 0 Å². The van der Waals surface area contributed by atoms with Crippen molar-refractivity contribution in [2.24, 2.45) is 0 Å². The van der Waals surface area contributed by atoms with Crippen molar-refractivity contribution in [3.63, 3.8) is 0 Å². The van der Waals surface area contributed by atoms with Crippen molar-refractivity contribution < 1.29 is 14.3 Å². The highest BCUT2D eigenvalue weighted by Gasteiger charge is 2.32. The molecule has 2 aromatic carbocycles. The number of benzene rings is 2. The Hall–Kier alpha value is -2.69. The van der Waals surface area contributed by atoms with Gasteiger partial charge in [-0.3, -0.25) is 4.79 Å². The molecular formula is C18H20N2O3. The third kappa shape index (κ3) is 2.59. The number of carbonyl (C=O) groups is 1. The molecule has 0 spiro atoms. The minimum absolute atomic E-state index is 0.0202. The summed E-state index contributed by atoms with van der Waals surface area (Å²) in [7, 11) is 3.39. The van der Waals surface area contributed by atoms with Gasteiger partial charge >= 0.3 is 0 Å². The molecule has 1 aliphatic heterocycles. The third-order valence-corrected chi connectivity index (χ3v) is 3.97. The smallest absolute Gasteiger partial charge is 0.257 e. The van der Waals surface area contributed by atoms with Gasteiger partial charge in [-0.2, -0.15) is 0 Å². The number of hydrogen-bond acceptors (Lipinski definition) is 4. The maximum atomic E-state index is 12.6. The molecule has 0 saturated heterocycles. The summed E-state index contributed by atoms with van der Waals surface area (Å²) in [5.74, 6) is 1.30. The van der Waals surface area contributed by atoms with E-state index in [1.807, 2.05) is 49.4 Å². The topological polar surface area (TPSA) is 50.8 Å². The first-order chi connectivity index (χ1) is 11.2. The van der Waals surface area contributed by atoms with Crippen LogP contribution >= 0.6 is 0 Å². The van der Waals surface area contributed by atoms with Gasteiger partial charge in [-0.25, -0.2) is 0 Å². The normalized spacial score (nSPS) is 16.6. The zero-order valence-corrected chi connectivity index (χ0v) is 13.5. The molecule has 1 aliphatic rings. The second-order valence-electron chi connectivity index (χ2n) is 5.32. The molecule has 5 heteroatoms. The van der Waals surface area contributed by atoms with Gasteiger partial charge in [0.2, 0.25) is 0 Å². The van der Waals surface area contributed by atoms with Crippen molar-refractivity contribution in [3.8, 4) is 11.5 Å². The predicted octanol–water partition coefficient (Wildman–Crippen LogP) is 3.29. The van der Waals surface area contributed by atoms with Crippen molar-refractivity contribution in [1.29, 1.82) is 0 Å². The minimum Gasteiger partial charge on any atom is -0.492 e. The van der Waals surface area contributed by atoms with Gasteiger partial charge in [-0.15, -0.1) is 0 Å². The van der Waals surface area contributed by atoms with Crippen LogP contribution in [0, 0.1) is 0 Å². The summed E-state index contributed by atoms with van der Waals surface area (Å²) in [6, 6.07) is 13.2. The average Bonchev–Trinajstić information content (AvgIpc) is 2.58. The molecule has 0 aliphatic carbocycles. The van der Waals surface area contributed by atoms with Gasteiger partial charge in [0.15, 0.2) is 11.5 Å². The monoisotopic (exact) mass is 312 g/mol. The largest absolute Gasteiger partial charge is 0.492 e. The summed E-state index contributed by atoms with van der Waals surface area (Å²) in [4.78, 5) is 14.3. The van der Waals surface area contributed by atoms with Gasteiger partial charge < -0.3 is 19.7 Å². The Labute approximate surface area is 135 Å². The molecule has 0 fully saturated rings. The van der Waals surface area contributed by atoms with Crippen LogP contribution in [0.15, 0.2) is 42.5 Å². The summed E-state index contributed by atoms with van der Waals surface area (Å²) < 4.78 is 11.2. The molecule has 3 rings (SSSR count). The summed E-state index contributed by atoms with van der Waals surface area (Å²) in [5, 5.41) is 3.41. The predicted molar refractivity (Wildman–Crippen MR) is 89.1 cm³/mol. The Kier molecular flexibility index (Phi) is 4.10. The Morgan fingerprint density at radius 2 is 1.96 bits per heavy atom. The number of hydrogen-bond donors (Lipinski definition) is 1. The second kappa shape index (κ2) is 6.20. The van der Waals surface area contributed by atoms with E-state index in [4.69, 9.17) is 9.47 Å². The zero-order valence-electron chi connectivity index (χ0n) is 13.5. The van der Waals surface area contributed by atoms with Crippen molar-refractivity contribution in [1.82, 2.24) is 4.90 Å². The molecule has 1 atom stereocenters. The van der Waals surface area contributed by atoms with Crippen LogP contribution in [0.5, 0.6) is 11.5 Å². The molecule has 5 nitrogen and oxygen atoms in total. The maximum absolute atomic E-state index is 12.6. The van der Waals surface area contributed by atoms with Crippen molar-refractivity contribution in [2.75, 3.05) is 26.1 Å². The van der Waals surface area contributed by atoms with E-state index in [0.29, 0.717) is 23.7 Å². The number of ether oxygens (including phenoxy) is 2. The van der Waals surface area contributed by atoms with Crippen molar-refractivity contribution in [2.45, 2.75) is 13.1 Å². The van der Waals surface area contributed by atoms with Gasteiger partial charge in [-0.1, -0.05) is 24.3 Å². The Morgan fingerprint density at radius 3 is 2.70 bits per heavy atom. The lowest BCUT2D eigenvalue weighted by Gasteiger charge is -2.36. The SMILES string of the molecule is CCOc1cccc(C2Nc3ccccc3C(=O)N2C)c1OC. The molecule has 1 N–H and O–H groups in total. The maximum Gasteiger partial charge on any atom is 0.257 e. The van der Waals surface area contributed by atoms with Crippen molar-refractivity contribution >= 4 is 11.6 Å². The van der Waals surface area contributed by atoms with Gasteiger partial charge in [0.25, 0.3) is 5.91 Å². The van der Waals surface area contributed by atoms with E-state index in [1.54, 1.807) is 19.1 Å². The van der Waals surface area contributed by atoms with Crippen LogP contribution in [0.3, 0.4) is 0 Å². The van der Waals surface area contributed by atoms with Gasteiger partial charge in [0.1, 0.15) is 6.17 Å². The fourth-order valence-corrected chi connectivity index (χ4v) is 2.87. The highest BCUT2D eigenvalue weighted by atomic mass is 16.5. The van der Waals surface area contributed by atoms with Crippen LogP contribution in [-0.2, 0) is 0 Å². The molecule has 1 heterocycles. The number of methoxy groups -OCH3 is 1. The Bertz CT molecular complexity index is 730. The Morgan fingerprint density at radius 1 is 1.17 bits per heavy atom. The average molecular weight is 312 g/mol. The first kappa shape index (κ1) is 15.2. The molecule has 0 saturated carbocycles. The molecule has 23 heavy (non-hydrogen) atoms. The quantitative estimate of drug-likeness (QED) is 0.941. The molecule has 1 amide bonds. The summed E-state index contributed by atoms with van der Waals surface area (Å²) >= 11 is 0. The number of amides is 1. The number of nitrogens with zero attached hydrogens (tertiary/aromatic N) is 1. The fraction of sp³-hybridized carbons (Fsp3) is 0.278. The van der Waals surface area contributed by atoms with Crippen LogP contribution in [0.1, 0.15) is 29.0 Å². The van der Waals surface area contributed by atoms with Crippen LogP contribution in [-0.4, -0.2) is 31.6 Å². The second-order valence-corrected chi connectivity index (χ2v) is 5.32. The number of para-hydroxylation sites is 2. The van der Waals surface area contributed by atoms with Gasteiger partial charge in [0.05, 0.1) is 19.3 Å². The van der Waals surface area contributed by atoms with E-state index in [1.165, 1.54) is 0 Å². The van der Waals surface area contributed by atoms with E-state index in [0.717, 1.165) is 11.3 Å². The first-order valence-corrected chi connectivity index (χ1v) is 7.59. The standard InChI is InChI=1S/C18H20N2O3/c1-4-23-15-11-7-9-13(16(15)22-3)17-19-14-10-6-5-8-12(14)18(21)20(17)2/h5-11,17,19H,4H2,1-3H3. The number of anilines is 1. The third-order valence-electron chi connectivity index (χ3n) is 3.97. The van der Waals surface area contributed by atoms with E-state index >= 15 is 0 Å². The number of rotatable bonds is 4. The van der Waals surface area contributed by atoms with Crippen LogP contribution < -0.4 is 14.8 Å². The lowest BCUT2D eigenvalue weighted by atomic mass is 10.0. The fourth-order valence-electron chi connectivity index (χ4n) is 2.87. The highest BCUT2D eigenvalue weighted by Crippen LogP contribution is 2.40. The molecule has 1 unspecified atom stereocenters. The van der Waals surface area contributed by atoms with E-state index in [-0.39, 0.29) is 12.1 Å². The van der Waals surface area contributed by atoms with Crippen molar-refractivity contribution in [3.05, 3.63) is 53.6 Å². The molecule has 0 bridgehead atoms. The lowest BCUT2D eigenvalue weighted by molar-refractivity contribution is 0.0733. The molecule has 2 aromatic rings. The van der Waals surface area contributed by atoms with Crippen LogP contribution in [0.2, 0.25) is 0 Å². The van der Waals surface area contributed by atoms with Crippen LogP contribution in [0.4, 0.5) is 5.69 Å². The molecule has 0 radical (unpaired) electrons. The number of nitrogens with one attached hydrogen (secondary N) is 1. The first-order valence-electron chi connectivity index (χ1n) is 7.59. The molecule has 120 valence electrons. The molecule has 0 aromatic heterocycles. The zero-order chi connectivity index (χ0) is 16.4. The summed E-state index contributed by atoms with van der Waals surface area (Å²) in [5.41, 5.74) is 2.36. The lowest BCUT2D eigenvalue weighted by Crippen LogP contribution is -2.40.